The molecular formula is C20H22F6. The summed E-state index contributed by atoms with van der Waals surface area (Å²) in [6, 6.07) is 0. The minimum absolute atomic E-state index is 0.0668. The molecule has 0 N–H and O–H groups in total. The van der Waals surface area contributed by atoms with Crippen LogP contribution in [0.5, 0.6) is 0 Å². The third-order valence-electron chi connectivity index (χ3n) is 8.39. The summed E-state index contributed by atoms with van der Waals surface area (Å²) in [5, 5.41) is 0. The Morgan fingerprint density at radius 1 is 0.615 bits per heavy atom. The molecule has 6 rings (SSSR count). The van der Waals surface area contributed by atoms with Crippen molar-refractivity contribution < 1.29 is 26.3 Å². The maximum atomic E-state index is 12.9. The van der Waals surface area contributed by atoms with Crippen LogP contribution in [-0.4, -0.2) is 12.4 Å². The summed E-state index contributed by atoms with van der Waals surface area (Å²) in [5.74, 6) is 2.01. The third-order valence-corrected chi connectivity index (χ3v) is 8.39. The summed E-state index contributed by atoms with van der Waals surface area (Å²) in [6.07, 6.45) is 2.13. The van der Waals surface area contributed by atoms with E-state index in [1.165, 1.54) is 25.3 Å². The second-order valence-corrected chi connectivity index (χ2v) is 9.16. The molecule has 6 aliphatic carbocycles. The normalized spacial score (nSPS) is 48.4. The van der Waals surface area contributed by atoms with Crippen molar-refractivity contribution in [3.05, 3.63) is 24.3 Å². The van der Waals surface area contributed by atoms with Gasteiger partial charge in [-0.3, -0.25) is 0 Å². The van der Waals surface area contributed by atoms with E-state index >= 15 is 0 Å². The van der Waals surface area contributed by atoms with Crippen molar-refractivity contribution in [3.8, 4) is 0 Å². The lowest BCUT2D eigenvalue weighted by atomic mass is 9.49. The molecule has 0 aromatic rings. The number of rotatable bonds is 0. The molecule has 6 heteroatoms. The van der Waals surface area contributed by atoms with Gasteiger partial charge in [-0.15, -0.1) is 0 Å². The zero-order valence-corrected chi connectivity index (χ0v) is 14.2. The van der Waals surface area contributed by atoms with Crippen LogP contribution < -0.4 is 0 Å². The number of halogens is 6. The lowest BCUT2D eigenvalue weighted by Crippen LogP contribution is -2.65. The first kappa shape index (κ1) is 17.2. The van der Waals surface area contributed by atoms with E-state index in [-0.39, 0.29) is 5.92 Å². The largest absolute Gasteiger partial charge is 0.403 e. The van der Waals surface area contributed by atoms with Crippen molar-refractivity contribution in [2.75, 3.05) is 0 Å². The van der Waals surface area contributed by atoms with E-state index in [0.717, 1.165) is 23.7 Å². The Bertz CT molecular complexity index is 624. The molecule has 4 fully saturated rings. The van der Waals surface area contributed by atoms with Crippen molar-refractivity contribution in [1.29, 1.82) is 0 Å². The summed E-state index contributed by atoms with van der Waals surface area (Å²) < 4.78 is 77.2. The van der Waals surface area contributed by atoms with E-state index in [2.05, 4.69) is 12.2 Å². The van der Waals surface area contributed by atoms with Crippen molar-refractivity contribution in [2.45, 2.75) is 44.5 Å². The first-order valence-corrected chi connectivity index (χ1v) is 9.63. The predicted octanol–water partition coefficient (Wildman–Crippen LogP) is 6.16. The molecule has 4 saturated carbocycles. The Morgan fingerprint density at radius 3 is 1.42 bits per heavy atom. The number of fused-ring (bicyclic) bond motifs is 10. The first-order valence-electron chi connectivity index (χ1n) is 9.63. The molecule has 0 spiro atoms. The highest BCUT2D eigenvalue weighted by Crippen LogP contribution is 2.75. The average Bonchev–Trinajstić information content (AvgIpc) is 3.12. The van der Waals surface area contributed by atoms with Gasteiger partial charge in [-0.2, -0.15) is 26.3 Å². The van der Waals surface area contributed by atoms with Crippen LogP contribution >= 0.6 is 0 Å². The summed E-state index contributed by atoms with van der Waals surface area (Å²) in [4.78, 5) is 0. The number of alkyl halides is 6. The van der Waals surface area contributed by atoms with Gasteiger partial charge in [0.25, 0.3) is 0 Å². The van der Waals surface area contributed by atoms with E-state index < -0.39 is 41.9 Å². The number of allylic oxidation sites excluding steroid dienone is 4. The zero-order valence-electron chi connectivity index (χ0n) is 14.2. The minimum Gasteiger partial charge on any atom is -0.170 e. The smallest absolute Gasteiger partial charge is 0.170 e. The van der Waals surface area contributed by atoms with E-state index in [1.54, 1.807) is 6.08 Å². The second kappa shape index (κ2) is 5.11. The standard InChI is InChI=1S/C11H10F6.C9H12/c12-10(13,14)9(11(15,16)17)4-7-5-1-2-6(3-5)8(7)9;1-2-7-5-6(1)8-3-4-9(7)8/h1-2,5-8H,3-4H2;1-2,6-9H,3-5H2. The van der Waals surface area contributed by atoms with Crippen LogP contribution in [0.1, 0.15) is 32.1 Å². The molecule has 8 unspecified atom stereocenters. The Balaban J connectivity index is 0.000000138. The zero-order chi connectivity index (χ0) is 18.5. The van der Waals surface area contributed by atoms with Gasteiger partial charge in [0.1, 0.15) is 0 Å². The molecule has 4 bridgehead atoms. The summed E-state index contributed by atoms with van der Waals surface area (Å²) >= 11 is 0. The average molecular weight is 376 g/mol. The molecule has 0 heterocycles. The molecule has 144 valence electrons. The second-order valence-electron chi connectivity index (χ2n) is 9.16. The molecule has 8 atom stereocenters. The van der Waals surface area contributed by atoms with Crippen LogP contribution in [0, 0.1) is 52.8 Å². The van der Waals surface area contributed by atoms with Gasteiger partial charge in [0, 0.05) is 0 Å². The SMILES string of the molecule is C1=CC2CC1C1CCC21.FC(F)(F)C1(C(F)(F)F)CC2C3C=CC(C3)C21. The van der Waals surface area contributed by atoms with Gasteiger partial charge < -0.3 is 0 Å². The van der Waals surface area contributed by atoms with Crippen molar-refractivity contribution >= 4 is 0 Å². The van der Waals surface area contributed by atoms with Gasteiger partial charge in [0.15, 0.2) is 5.41 Å². The molecule has 0 aliphatic heterocycles. The van der Waals surface area contributed by atoms with Crippen molar-refractivity contribution in [3.63, 3.8) is 0 Å². The molecule has 0 saturated heterocycles. The fraction of sp³-hybridized carbons (Fsp3) is 0.800. The maximum Gasteiger partial charge on any atom is 0.403 e. The minimum atomic E-state index is -5.19. The highest BCUT2D eigenvalue weighted by Gasteiger charge is 2.83. The molecule has 0 aromatic carbocycles. The maximum absolute atomic E-state index is 12.9. The van der Waals surface area contributed by atoms with Gasteiger partial charge in [-0.05, 0) is 79.4 Å². The summed E-state index contributed by atoms with van der Waals surface area (Å²) in [5.41, 5.74) is -3.45. The van der Waals surface area contributed by atoms with Gasteiger partial charge in [0.2, 0.25) is 0 Å². The Kier molecular flexibility index (Phi) is 3.37. The molecule has 6 aliphatic rings. The first-order chi connectivity index (χ1) is 12.1. The molecule has 0 nitrogen and oxygen atoms in total. The van der Waals surface area contributed by atoms with Crippen LogP contribution in [0.4, 0.5) is 26.3 Å². The molecule has 0 radical (unpaired) electrons. The van der Waals surface area contributed by atoms with E-state index in [1.807, 2.05) is 0 Å². The molecular weight excluding hydrogens is 354 g/mol. The third kappa shape index (κ3) is 1.99. The van der Waals surface area contributed by atoms with Gasteiger partial charge >= 0.3 is 12.4 Å². The Labute approximate surface area is 148 Å². The van der Waals surface area contributed by atoms with Crippen LogP contribution in [0.2, 0.25) is 0 Å². The highest BCUT2D eigenvalue weighted by atomic mass is 19.4. The molecule has 0 aromatic heterocycles. The highest BCUT2D eigenvalue weighted by molar-refractivity contribution is 5.25. The summed E-state index contributed by atoms with van der Waals surface area (Å²) in [6.45, 7) is 0. The van der Waals surface area contributed by atoms with Crippen LogP contribution in [-0.2, 0) is 0 Å². The fourth-order valence-electron chi connectivity index (χ4n) is 7.06. The van der Waals surface area contributed by atoms with Gasteiger partial charge in [-0.1, -0.05) is 24.3 Å². The number of hydrogen-bond donors (Lipinski definition) is 0. The van der Waals surface area contributed by atoms with Crippen LogP contribution in [0.15, 0.2) is 24.3 Å². The Hall–Kier alpha value is -0.940. The lowest BCUT2D eigenvalue weighted by molar-refractivity contribution is -0.400. The summed E-state index contributed by atoms with van der Waals surface area (Å²) in [7, 11) is 0. The van der Waals surface area contributed by atoms with Gasteiger partial charge in [-0.25, -0.2) is 0 Å². The predicted molar refractivity (Wildman–Crippen MR) is 83.8 cm³/mol. The van der Waals surface area contributed by atoms with E-state index in [4.69, 9.17) is 0 Å². The van der Waals surface area contributed by atoms with Crippen molar-refractivity contribution in [1.82, 2.24) is 0 Å². The van der Waals surface area contributed by atoms with E-state index in [0.29, 0.717) is 6.42 Å². The Morgan fingerprint density at radius 2 is 1.04 bits per heavy atom. The lowest BCUT2D eigenvalue weighted by Gasteiger charge is -2.56. The quantitative estimate of drug-likeness (QED) is 0.351. The topological polar surface area (TPSA) is 0 Å². The van der Waals surface area contributed by atoms with Gasteiger partial charge in [0.05, 0.1) is 0 Å². The van der Waals surface area contributed by atoms with Crippen LogP contribution in [0.3, 0.4) is 0 Å². The monoisotopic (exact) mass is 376 g/mol. The molecule has 0 amide bonds. The van der Waals surface area contributed by atoms with Crippen LogP contribution in [0.25, 0.3) is 0 Å². The molecule has 26 heavy (non-hydrogen) atoms. The van der Waals surface area contributed by atoms with E-state index in [9.17, 15) is 26.3 Å². The van der Waals surface area contributed by atoms with Crippen molar-refractivity contribution in [2.24, 2.45) is 52.8 Å². The fourth-order valence-corrected chi connectivity index (χ4v) is 7.06. The number of hydrogen-bond acceptors (Lipinski definition) is 0.